The second-order valence-corrected chi connectivity index (χ2v) is 6.88. The average molecular weight is 283 g/mol. The number of nitrogens with one attached hydrogen (secondary N) is 1. The second kappa shape index (κ2) is 5.88. The molecular weight excluding hydrogens is 262 g/mol. The Morgan fingerprint density at radius 2 is 2.00 bits per heavy atom. The van der Waals surface area contributed by atoms with E-state index in [1.165, 1.54) is 10.7 Å². The molecule has 0 saturated heterocycles. The van der Waals surface area contributed by atoms with Gasteiger partial charge in [-0.3, -0.25) is 0 Å². The van der Waals surface area contributed by atoms with Crippen LogP contribution in [0.3, 0.4) is 0 Å². The van der Waals surface area contributed by atoms with Crippen LogP contribution in [-0.4, -0.2) is 37.8 Å². The first-order valence-corrected chi connectivity index (χ1v) is 8.12. The third-order valence-corrected chi connectivity index (χ3v) is 5.70. The lowest BCUT2D eigenvalue weighted by molar-refractivity contribution is 0.286. The summed E-state index contributed by atoms with van der Waals surface area (Å²) in [7, 11) is -0.112. The molecule has 1 N–H and O–H groups in total. The highest BCUT2D eigenvalue weighted by Gasteiger charge is 2.30. The molecule has 0 spiro atoms. The average Bonchev–Trinajstić information content (AvgIpc) is 2.47. The van der Waals surface area contributed by atoms with Gasteiger partial charge in [0.15, 0.2) is 0 Å². The minimum Gasteiger partial charge on any atom is -0.372 e. The number of sulfonamides is 1. The van der Waals surface area contributed by atoms with Crippen LogP contribution in [0.2, 0.25) is 0 Å². The Morgan fingerprint density at radius 3 is 2.63 bits per heavy atom. The van der Waals surface area contributed by atoms with E-state index in [0.29, 0.717) is 5.82 Å². The molecule has 6 heteroatoms. The highest BCUT2D eigenvalue weighted by molar-refractivity contribution is 7.89. The maximum Gasteiger partial charge on any atom is 0.246 e. The monoisotopic (exact) mass is 283 g/mol. The molecule has 0 amide bonds. The predicted octanol–water partition coefficient (Wildman–Crippen LogP) is 2.08. The van der Waals surface area contributed by atoms with Gasteiger partial charge >= 0.3 is 0 Å². The summed E-state index contributed by atoms with van der Waals surface area (Å²) in [5.41, 5.74) is 0. The van der Waals surface area contributed by atoms with E-state index in [0.717, 1.165) is 25.7 Å². The molecule has 0 radical (unpaired) electrons. The summed E-state index contributed by atoms with van der Waals surface area (Å²) in [6.45, 7) is 0. The molecule has 19 heavy (non-hydrogen) atoms. The van der Waals surface area contributed by atoms with E-state index in [2.05, 4.69) is 10.3 Å². The molecule has 1 aliphatic rings. The van der Waals surface area contributed by atoms with E-state index in [1.54, 1.807) is 32.4 Å². The van der Waals surface area contributed by atoms with Crippen LogP contribution >= 0.6 is 0 Å². The van der Waals surface area contributed by atoms with Crippen molar-refractivity contribution in [3.63, 3.8) is 0 Å². The fourth-order valence-electron chi connectivity index (χ4n) is 2.58. The van der Waals surface area contributed by atoms with Gasteiger partial charge in [-0.1, -0.05) is 19.3 Å². The van der Waals surface area contributed by atoms with Gasteiger partial charge in [0.2, 0.25) is 10.0 Å². The topological polar surface area (TPSA) is 62.3 Å². The first-order chi connectivity index (χ1) is 9.07. The summed E-state index contributed by atoms with van der Waals surface area (Å²) in [6.07, 6.45) is 6.91. The third kappa shape index (κ3) is 2.90. The molecule has 2 rings (SSSR count). The van der Waals surface area contributed by atoms with Crippen molar-refractivity contribution in [3.8, 4) is 0 Å². The van der Waals surface area contributed by atoms with Crippen molar-refractivity contribution in [1.82, 2.24) is 9.29 Å². The van der Waals surface area contributed by atoms with Gasteiger partial charge in [-0.25, -0.2) is 13.4 Å². The van der Waals surface area contributed by atoms with Crippen LogP contribution in [0.4, 0.5) is 5.82 Å². The summed E-state index contributed by atoms with van der Waals surface area (Å²) in [5.74, 6) is 0.408. The Bertz CT molecular complexity index is 524. The number of rotatable bonds is 4. The van der Waals surface area contributed by atoms with Crippen molar-refractivity contribution in [1.29, 1.82) is 0 Å². The summed E-state index contributed by atoms with van der Waals surface area (Å²) in [4.78, 5) is 4.33. The van der Waals surface area contributed by atoms with Crippen LogP contribution in [0.5, 0.6) is 0 Å². The molecule has 1 fully saturated rings. The Morgan fingerprint density at radius 1 is 1.32 bits per heavy atom. The zero-order valence-electron chi connectivity index (χ0n) is 11.5. The van der Waals surface area contributed by atoms with Crippen molar-refractivity contribution in [2.24, 2.45) is 0 Å². The molecule has 106 valence electrons. The molecule has 0 atom stereocenters. The van der Waals surface area contributed by atoms with Crippen LogP contribution in [-0.2, 0) is 10.0 Å². The van der Waals surface area contributed by atoms with E-state index in [4.69, 9.17) is 0 Å². The Balaban J connectivity index is 2.30. The van der Waals surface area contributed by atoms with Crippen molar-refractivity contribution < 1.29 is 8.42 Å². The molecule has 0 bridgehead atoms. The predicted molar refractivity (Wildman–Crippen MR) is 75.6 cm³/mol. The maximum atomic E-state index is 12.7. The minimum absolute atomic E-state index is 0.115. The maximum absolute atomic E-state index is 12.7. The molecular formula is C13H21N3O2S. The second-order valence-electron chi connectivity index (χ2n) is 4.91. The van der Waals surface area contributed by atoms with E-state index in [-0.39, 0.29) is 10.9 Å². The summed E-state index contributed by atoms with van der Waals surface area (Å²) in [6, 6.07) is 3.37. The molecule has 0 aromatic carbocycles. The van der Waals surface area contributed by atoms with Gasteiger partial charge in [0.05, 0.1) is 0 Å². The number of nitrogens with zero attached hydrogens (tertiary/aromatic N) is 2. The minimum atomic E-state index is -3.47. The summed E-state index contributed by atoms with van der Waals surface area (Å²) < 4.78 is 26.8. The van der Waals surface area contributed by atoms with Crippen LogP contribution in [0.15, 0.2) is 23.2 Å². The number of hydrogen-bond donors (Lipinski definition) is 1. The van der Waals surface area contributed by atoms with Gasteiger partial charge in [0, 0.05) is 26.3 Å². The molecule has 1 aromatic rings. The lowest BCUT2D eigenvalue weighted by atomic mass is 9.96. The molecule has 0 unspecified atom stereocenters. The molecule has 1 heterocycles. The fraction of sp³-hybridized carbons (Fsp3) is 0.615. The lowest BCUT2D eigenvalue weighted by Gasteiger charge is -2.30. The Hall–Kier alpha value is -1.14. The zero-order valence-corrected chi connectivity index (χ0v) is 12.3. The molecule has 0 aliphatic heterocycles. The van der Waals surface area contributed by atoms with Gasteiger partial charge < -0.3 is 5.32 Å². The molecule has 1 aliphatic carbocycles. The van der Waals surface area contributed by atoms with Gasteiger partial charge in [-0.2, -0.15) is 4.31 Å². The largest absolute Gasteiger partial charge is 0.372 e. The number of anilines is 1. The molecule has 5 nitrogen and oxygen atoms in total. The van der Waals surface area contributed by atoms with Crippen LogP contribution < -0.4 is 5.32 Å². The van der Waals surface area contributed by atoms with Gasteiger partial charge in [0.25, 0.3) is 0 Å². The quantitative estimate of drug-likeness (QED) is 0.919. The first kappa shape index (κ1) is 14.3. The first-order valence-electron chi connectivity index (χ1n) is 6.68. The third-order valence-electron chi connectivity index (χ3n) is 3.75. The fourth-order valence-corrected chi connectivity index (χ4v) is 4.15. The highest BCUT2D eigenvalue weighted by atomic mass is 32.2. The van der Waals surface area contributed by atoms with Crippen LogP contribution in [0.25, 0.3) is 0 Å². The number of aromatic nitrogens is 1. The van der Waals surface area contributed by atoms with Crippen LogP contribution in [0.1, 0.15) is 32.1 Å². The van der Waals surface area contributed by atoms with E-state index < -0.39 is 10.0 Å². The SMILES string of the molecule is CNc1ncccc1S(=O)(=O)N(C)C1CCCCC1. The van der Waals surface area contributed by atoms with Crippen molar-refractivity contribution in [3.05, 3.63) is 18.3 Å². The molecule has 1 saturated carbocycles. The normalized spacial score (nSPS) is 17.6. The number of hydrogen-bond acceptors (Lipinski definition) is 4. The van der Waals surface area contributed by atoms with Crippen molar-refractivity contribution in [2.45, 2.75) is 43.0 Å². The number of pyridine rings is 1. The Kier molecular flexibility index (Phi) is 4.42. The van der Waals surface area contributed by atoms with Crippen molar-refractivity contribution in [2.75, 3.05) is 19.4 Å². The highest BCUT2D eigenvalue weighted by Crippen LogP contribution is 2.28. The van der Waals surface area contributed by atoms with Crippen molar-refractivity contribution >= 4 is 15.8 Å². The van der Waals surface area contributed by atoms with Gasteiger partial charge in [-0.05, 0) is 25.0 Å². The van der Waals surface area contributed by atoms with E-state index in [9.17, 15) is 8.42 Å². The molecule has 1 aromatic heterocycles. The summed E-state index contributed by atoms with van der Waals surface area (Å²) >= 11 is 0. The van der Waals surface area contributed by atoms with E-state index in [1.807, 2.05) is 0 Å². The van der Waals surface area contributed by atoms with Gasteiger partial charge in [0.1, 0.15) is 10.7 Å². The summed E-state index contributed by atoms with van der Waals surface area (Å²) in [5, 5.41) is 2.84. The smallest absolute Gasteiger partial charge is 0.246 e. The lowest BCUT2D eigenvalue weighted by Crippen LogP contribution is -2.38. The standard InChI is InChI=1S/C13H21N3O2S/c1-14-13-12(9-6-10-15-13)19(17,18)16(2)11-7-4-3-5-8-11/h6,9-11H,3-5,7-8H2,1-2H3,(H,14,15). The zero-order chi connectivity index (χ0) is 13.9. The van der Waals surface area contributed by atoms with Crippen LogP contribution in [0, 0.1) is 0 Å². The Labute approximate surface area is 115 Å². The van der Waals surface area contributed by atoms with E-state index >= 15 is 0 Å². The van der Waals surface area contributed by atoms with Gasteiger partial charge in [-0.15, -0.1) is 0 Å².